The second-order valence-corrected chi connectivity index (χ2v) is 8.92. The molecule has 0 saturated carbocycles. The first-order valence-corrected chi connectivity index (χ1v) is 10.4. The van der Waals surface area contributed by atoms with E-state index in [0.29, 0.717) is 49.7 Å². The zero-order valence-corrected chi connectivity index (χ0v) is 16.6. The first-order valence-electron chi connectivity index (χ1n) is 8.97. The van der Waals surface area contributed by atoms with Crippen LogP contribution in [0.5, 0.6) is 0 Å². The minimum absolute atomic E-state index is 0.393. The molecule has 4 rings (SSSR count). The maximum atomic E-state index is 12.3. The first kappa shape index (κ1) is 18.7. The fourth-order valence-corrected chi connectivity index (χ4v) is 4.32. The Labute approximate surface area is 163 Å². The van der Waals surface area contributed by atoms with Gasteiger partial charge in [-0.3, -0.25) is 0 Å². The number of piperazine rings is 1. The Kier molecular flexibility index (Phi) is 4.96. The van der Waals surface area contributed by atoms with Crippen LogP contribution >= 0.6 is 0 Å². The Bertz CT molecular complexity index is 1060. The summed E-state index contributed by atoms with van der Waals surface area (Å²) in [6.07, 6.45) is 1.51. The van der Waals surface area contributed by atoms with E-state index < -0.39 is 10.2 Å². The van der Waals surface area contributed by atoms with Crippen molar-refractivity contribution in [3.8, 4) is 0 Å². The maximum Gasteiger partial charge on any atom is 0.281 e. The van der Waals surface area contributed by atoms with Crippen LogP contribution in [0.1, 0.15) is 5.56 Å². The van der Waals surface area contributed by atoms with E-state index in [9.17, 15) is 8.42 Å². The Morgan fingerprint density at radius 1 is 1.04 bits per heavy atom. The molecule has 0 amide bonds. The van der Waals surface area contributed by atoms with E-state index in [-0.39, 0.29) is 0 Å². The van der Waals surface area contributed by atoms with Gasteiger partial charge in [-0.25, -0.2) is 14.6 Å². The van der Waals surface area contributed by atoms with Gasteiger partial charge in [-0.15, -0.1) is 5.10 Å². The summed E-state index contributed by atoms with van der Waals surface area (Å²) in [5.41, 5.74) is 2.40. The van der Waals surface area contributed by atoms with Crippen LogP contribution in [0, 0.1) is 0 Å². The molecule has 0 aliphatic carbocycles. The molecule has 11 heteroatoms. The molecule has 1 aliphatic rings. The molecule has 10 nitrogen and oxygen atoms in total. The number of anilines is 1. The van der Waals surface area contributed by atoms with Crippen molar-refractivity contribution in [3.63, 3.8) is 0 Å². The smallest absolute Gasteiger partial charge is 0.281 e. The van der Waals surface area contributed by atoms with Gasteiger partial charge in [-0.05, 0) is 5.56 Å². The lowest BCUT2D eigenvalue weighted by molar-refractivity contribution is 0.355. The van der Waals surface area contributed by atoms with Crippen LogP contribution in [-0.4, -0.2) is 82.3 Å². The fourth-order valence-electron chi connectivity index (χ4n) is 3.24. The van der Waals surface area contributed by atoms with E-state index in [0.717, 1.165) is 5.56 Å². The number of aromatic nitrogens is 5. The van der Waals surface area contributed by atoms with Gasteiger partial charge in [0.05, 0.1) is 6.54 Å². The average Bonchev–Trinajstić information content (AvgIpc) is 3.12. The maximum absolute atomic E-state index is 12.3. The second-order valence-electron chi connectivity index (χ2n) is 6.78. The standard InChI is InChI=1S/C17H22N8O2S/c1-22(2)28(26,27)24-10-8-23(9-11-24)16-15-17(19-13-18-16)25(21-20-15)12-14-6-4-3-5-7-14/h3-7,13H,8-12H2,1-2H3. The number of hydrogen-bond acceptors (Lipinski definition) is 7. The van der Waals surface area contributed by atoms with Gasteiger partial charge in [-0.2, -0.15) is 17.0 Å². The predicted octanol–water partition coefficient (Wildman–Crippen LogP) is 0.198. The van der Waals surface area contributed by atoms with E-state index in [1.165, 1.54) is 14.9 Å². The van der Waals surface area contributed by atoms with Gasteiger partial charge in [0.25, 0.3) is 10.2 Å². The lowest BCUT2D eigenvalue weighted by atomic mass is 10.2. The molecule has 0 N–H and O–H groups in total. The summed E-state index contributed by atoms with van der Waals surface area (Å²) in [4.78, 5) is 10.8. The summed E-state index contributed by atoms with van der Waals surface area (Å²) in [5, 5.41) is 8.54. The monoisotopic (exact) mass is 402 g/mol. The lowest BCUT2D eigenvalue weighted by Gasteiger charge is -2.35. The SMILES string of the molecule is CN(C)S(=O)(=O)N1CCN(c2ncnc3c2nnn3Cc2ccccc2)CC1. The van der Waals surface area contributed by atoms with E-state index in [1.54, 1.807) is 18.8 Å². The summed E-state index contributed by atoms with van der Waals surface area (Å²) in [7, 11) is -0.319. The summed E-state index contributed by atoms with van der Waals surface area (Å²) < 4.78 is 29.1. The van der Waals surface area contributed by atoms with E-state index in [1.807, 2.05) is 35.2 Å². The van der Waals surface area contributed by atoms with Gasteiger partial charge in [-0.1, -0.05) is 35.5 Å². The molecule has 2 aromatic heterocycles. The summed E-state index contributed by atoms with van der Waals surface area (Å²) in [6.45, 7) is 2.42. The fraction of sp³-hybridized carbons (Fsp3) is 0.412. The number of hydrogen-bond donors (Lipinski definition) is 0. The number of fused-ring (bicyclic) bond motifs is 1. The van der Waals surface area contributed by atoms with Gasteiger partial charge < -0.3 is 4.90 Å². The molecule has 0 spiro atoms. The Hall–Kier alpha value is -2.63. The highest BCUT2D eigenvalue weighted by Gasteiger charge is 2.30. The van der Waals surface area contributed by atoms with Crippen molar-refractivity contribution in [1.82, 2.24) is 33.6 Å². The Balaban J connectivity index is 1.56. The molecule has 148 valence electrons. The highest BCUT2D eigenvalue weighted by molar-refractivity contribution is 7.86. The number of rotatable bonds is 5. The van der Waals surface area contributed by atoms with Crippen LogP contribution < -0.4 is 4.90 Å². The molecule has 3 aromatic rings. The summed E-state index contributed by atoms with van der Waals surface area (Å²) in [6, 6.07) is 9.99. The van der Waals surface area contributed by atoms with Crippen molar-refractivity contribution in [2.24, 2.45) is 0 Å². The Morgan fingerprint density at radius 3 is 2.43 bits per heavy atom. The molecule has 0 radical (unpaired) electrons. The van der Waals surface area contributed by atoms with Gasteiger partial charge in [0.2, 0.25) is 0 Å². The molecule has 3 heterocycles. The molecule has 1 saturated heterocycles. The van der Waals surface area contributed by atoms with Gasteiger partial charge in [0.1, 0.15) is 6.33 Å². The van der Waals surface area contributed by atoms with Crippen molar-refractivity contribution in [2.75, 3.05) is 45.2 Å². The highest BCUT2D eigenvalue weighted by Crippen LogP contribution is 2.23. The molecule has 0 atom stereocenters. The van der Waals surface area contributed by atoms with Gasteiger partial charge >= 0.3 is 0 Å². The summed E-state index contributed by atoms with van der Waals surface area (Å²) >= 11 is 0. The minimum Gasteiger partial charge on any atom is -0.352 e. The van der Waals surface area contributed by atoms with Crippen molar-refractivity contribution in [3.05, 3.63) is 42.2 Å². The van der Waals surface area contributed by atoms with E-state index in [2.05, 4.69) is 20.3 Å². The quantitative estimate of drug-likeness (QED) is 0.601. The number of nitrogens with zero attached hydrogens (tertiary/aromatic N) is 8. The van der Waals surface area contributed by atoms with Gasteiger partial charge in [0.15, 0.2) is 17.0 Å². The first-order chi connectivity index (χ1) is 13.5. The summed E-state index contributed by atoms with van der Waals surface area (Å²) in [5.74, 6) is 0.686. The largest absolute Gasteiger partial charge is 0.352 e. The van der Waals surface area contributed by atoms with E-state index in [4.69, 9.17) is 0 Å². The topological polar surface area (TPSA) is 100 Å². The van der Waals surface area contributed by atoms with Crippen molar-refractivity contribution in [2.45, 2.75) is 6.54 Å². The molecule has 1 aromatic carbocycles. The lowest BCUT2D eigenvalue weighted by Crippen LogP contribution is -2.52. The van der Waals surface area contributed by atoms with Crippen molar-refractivity contribution >= 4 is 27.2 Å². The third-order valence-corrected chi connectivity index (χ3v) is 6.72. The molecule has 0 unspecified atom stereocenters. The molecule has 0 bridgehead atoms. The van der Waals surface area contributed by atoms with E-state index >= 15 is 0 Å². The van der Waals surface area contributed by atoms with Crippen LogP contribution in [0.4, 0.5) is 5.82 Å². The minimum atomic E-state index is -3.40. The van der Waals surface area contributed by atoms with Crippen LogP contribution in [0.25, 0.3) is 11.2 Å². The zero-order valence-electron chi connectivity index (χ0n) is 15.8. The molecular weight excluding hydrogens is 380 g/mol. The van der Waals surface area contributed by atoms with Crippen LogP contribution in [0.15, 0.2) is 36.7 Å². The van der Waals surface area contributed by atoms with Crippen LogP contribution in [0.2, 0.25) is 0 Å². The molecule has 1 aliphatic heterocycles. The normalized spacial score (nSPS) is 16.2. The second kappa shape index (κ2) is 7.41. The predicted molar refractivity (Wildman–Crippen MR) is 105 cm³/mol. The van der Waals surface area contributed by atoms with Crippen LogP contribution in [-0.2, 0) is 16.8 Å². The highest BCUT2D eigenvalue weighted by atomic mass is 32.2. The van der Waals surface area contributed by atoms with Crippen LogP contribution in [0.3, 0.4) is 0 Å². The third-order valence-electron chi connectivity index (χ3n) is 4.78. The van der Waals surface area contributed by atoms with Crippen molar-refractivity contribution in [1.29, 1.82) is 0 Å². The van der Waals surface area contributed by atoms with Gasteiger partial charge in [0, 0.05) is 40.3 Å². The van der Waals surface area contributed by atoms with Crippen molar-refractivity contribution < 1.29 is 8.42 Å². The molecular formula is C17H22N8O2S. The molecule has 1 fully saturated rings. The average molecular weight is 402 g/mol. The zero-order chi connectivity index (χ0) is 19.7. The molecule has 28 heavy (non-hydrogen) atoms. The Morgan fingerprint density at radius 2 is 1.75 bits per heavy atom. The number of benzene rings is 1. The third kappa shape index (κ3) is 3.43.